The molecular formula is C20H20N2O4. The summed E-state index contributed by atoms with van der Waals surface area (Å²) in [4.78, 5) is 25.4. The maximum absolute atomic E-state index is 12.6. The van der Waals surface area contributed by atoms with Crippen LogP contribution in [0.25, 0.3) is 11.1 Å². The van der Waals surface area contributed by atoms with Gasteiger partial charge in [-0.05, 0) is 35.7 Å². The number of aryl methyl sites for hydroxylation is 1. The first-order valence-electron chi connectivity index (χ1n) is 8.69. The van der Waals surface area contributed by atoms with E-state index < -0.39 is 6.16 Å². The molecule has 2 amide bonds. The quantitative estimate of drug-likeness (QED) is 0.835. The molecule has 2 aromatic rings. The monoisotopic (exact) mass is 352 g/mol. The lowest BCUT2D eigenvalue weighted by Crippen LogP contribution is -2.49. The van der Waals surface area contributed by atoms with Gasteiger partial charge in [0, 0.05) is 18.7 Å². The number of rotatable bonds is 2. The fraction of sp³-hybridized carbons (Fsp3) is 0.300. The summed E-state index contributed by atoms with van der Waals surface area (Å²) in [6.45, 7) is 2.86. The standard InChI is InChI=1S/C20H20N2O4/c1-13-11-15(14-5-3-2-4-6-14)7-8-16(13)21-19(23)22-10-9-17-18(12-22)26-20(24)25-17/h2-8,11,17-18H,9-10,12H2,1H3,(H,21,23). The van der Waals surface area contributed by atoms with E-state index in [1.807, 2.05) is 37.3 Å². The molecule has 6 heteroatoms. The van der Waals surface area contributed by atoms with Gasteiger partial charge in [-0.2, -0.15) is 0 Å². The number of hydrogen-bond donors (Lipinski definition) is 1. The van der Waals surface area contributed by atoms with Gasteiger partial charge in [0.05, 0.1) is 6.54 Å². The fourth-order valence-corrected chi connectivity index (χ4v) is 3.41. The Hall–Kier alpha value is -3.02. The largest absolute Gasteiger partial charge is 0.509 e. The van der Waals surface area contributed by atoms with Crippen molar-refractivity contribution in [1.82, 2.24) is 4.90 Å². The minimum atomic E-state index is -0.644. The molecule has 0 aromatic heterocycles. The van der Waals surface area contributed by atoms with Crippen LogP contribution in [0.15, 0.2) is 48.5 Å². The molecule has 2 saturated heterocycles. The first-order chi connectivity index (χ1) is 12.6. The van der Waals surface area contributed by atoms with E-state index in [1.54, 1.807) is 4.90 Å². The Morgan fingerprint density at radius 1 is 1.08 bits per heavy atom. The van der Waals surface area contributed by atoms with Gasteiger partial charge in [0.2, 0.25) is 0 Å². The molecule has 2 unspecified atom stereocenters. The second-order valence-corrected chi connectivity index (χ2v) is 6.62. The van der Waals surface area contributed by atoms with Gasteiger partial charge in [-0.25, -0.2) is 9.59 Å². The number of nitrogens with zero attached hydrogens (tertiary/aromatic N) is 1. The molecule has 0 aliphatic carbocycles. The SMILES string of the molecule is Cc1cc(-c2ccccc2)ccc1NC(=O)N1CCC2OC(=O)OC2C1. The van der Waals surface area contributed by atoms with Crippen molar-refractivity contribution in [3.63, 3.8) is 0 Å². The van der Waals surface area contributed by atoms with Gasteiger partial charge in [0.1, 0.15) is 6.10 Å². The first kappa shape index (κ1) is 16.4. The zero-order valence-electron chi connectivity index (χ0n) is 14.5. The number of anilines is 1. The number of fused-ring (bicyclic) bond motifs is 1. The lowest BCUT2D eigenvalue weighted by atomic mass is 10.0. The summed E-state index contributed by atoms with van der Waals surface area (Å²) in [5, 5.41) is 2.96. The van der Waals surface area contributed by atoms with Crippen molar-refractivity contribution >= 4 is 17.9 Å². The lowest BCUT2D eigenvalue weighted by molar-refractivity contribution is 0.0708. The average molecular weight is 352 g/mol. The molecule has 134 valence electrons. The van der Waals surface area contributed by atoms with E-state index in [9.17, 15) is 9.59 Å². The molecule has 0 saturated carbocycles. The third kappa shape index (κ3) is 3.22. The fourth-order valence-electron chi connectivity index (χ4n) is 3.41. The average Bonchev–Trinajstić information content (AvgIpc) is 3.03. The number of hydrogen-bond acceptors (Lipinski definition) is 4. The van der Waals surface area contributed by atoms with Gasteiger partial charge in [-0.3, -0.25) is 0 Å². The summed E-state index contributed by atoms with van der Waals surface area (Å²) >= 11 is 0. The van der Waals surface area contributed by atoms with Crippen LogP contribution in [0.5, 0.6) is 0 Å². The molecule has 1 N–H and O–H groups in total. The molecule has 2 heterocycles. The second kappa shape index (κ2) is 6.71. The number of carbonyl (C=O) groups excluding carboxylic acids is 2. The summed E-state index contributed by atoms with van der Waals surface area (Å²) in [6.07, 6.45) is -0.660. The van der Waals surface area contributed by atoms with Crippen LogP contribution in [0.2, 0.25) is 0 Å². The number of urea groups is 1. The maximum Gasteiger partial charge on any atom is 0.509 e. The Kier molecular flexibility index (Phi) is 4.24. The number of likely N-dealkylation sites (tertiary alicyclic amines) is 1. The highest BCUT2D eigenvalue weighted by Crippen LogP contribution is 2.27. The highest BCUT2D eigenvalue weighted by Gasteiger charge is 2.42. The van der Waals surface area contributed by atoms with E-state index in [2.05, 4.69) is 23.5 Å². The summed E-state index contributed by atoms with van der Waals surface area (Å²) in [7, 11) is 0. The highest BCUT2D eigenvalue weighted by atomic mass is 16.8. The molecule has 6 nitrogen and oxygen atoms in total. The number of ether oxygens (including phenoxy) is 2. The normalized spacial score (nSPS) is 21.6. The number of carbonyl (C=O) groups is 2. The van der Waals surface area contributed by atoms with E-state index in [4.69, 9.17) is 9.47 Å². The zero-order valence-corrected chi connectivity index (χ0v) is 14.5. The van der Waals surface area contributed by atoms with Gasteiger partial charge < -0.3 is 19.7 Å². The molecular weight excluding hydrogens is 332 g/mol. The maximum atomic E-state index is 12.6. The van der Waals surface area contributed by atoms with Crippen LogP contribution in [-0.2, 0) is 9.47 Å². The Labute approximate surface area is 151 Å². The molecule has 2 aromatic carbocycles. The molecule has 2 aliphatic heterocycles. The molecule has 0 bridgehead atoms. The minimum Gasteiger partial charge on any atom is -0.427 e. The highest BCUT2D eigenvalue weighted by molar-refractivity contribution is 5.90. The number of piperidine rings is 1. The van der Waals surface area contributed by atoms with Crippen molar-refractivity contribution in [2.75, 3.05) is 18.4 Å². The van der Waals surface area contributed by atoms with E-state index in [-0.39, 0.29) is 18.2 Å². The van der Waals surface area contributed by atoms with E-state index in [0.717, 1.165) is 22.4 Å². The smallest absolute Gasteiger partial charge is 0.427 e. The van der Waals surface area contributed by atoms with E-state index in [0.29, 0.717) is 19.5 Å². The molecule has 2 fully saturated rings. The molecule has 0 spiro atoms. The second-order valence-electron chi connectivity index (χ2n) is 6.62. The van der Waals surface area contributed by atoms with Crippen molar-refractivity contribution in [3.8, 4) is 11.1 Å². The molecule has 26 heavy (non-hydrogen) atoms. The van der Waals surface area contributed by atoms with Crippen LogP contribution in [0.3, 0.4) is 0 Å². The summed E-state index contributed by atoms with van der Waals surface area (Å²) in [5.74, 6) is 0. The predicted molar refractivity (Wildman–Crippen MR) is 97.0 cm³/mol. The van der Waals surface area contributed by atoms with Crippen LogP contribution < -0.4 is 5.32 Å². The van der Waals surface area contributed by atoms with E-state index >= 15 is 0 Å². The van der Waals surface area contributed by atoms with Crippen molar-refractivity contribution in [3.05, 3.63) is 54.1 Å². The molecule has 2 aliphatic rings. The van der Waals surface area contributed by atoms with Crippen LogP contribution >= 0.6 is 0 Å². The number of nitrogens with one attached hydrogen (secondary N) is 1. The van der Waals surface area contributed by atoms with Gasteiger partial charge in [0.25, 0.3) is 0 Å². The van der Waals surface area contributed by atoms with Gasteiger partial charge in [-0.15, -0.1) is 0 Å². The van der Waals surface area contributed by atoms with Gasteiger partial charge in [-0.1, -0.05) is 36.4 Å². The van der Waals surface area contributed by atoms with Gasteiger partial charge in [0.15, 0.2) is 6.10 Å². The summed E-state index contributed by atoms with van der Waals surface area (Å²) in [6, 6.07) is 15.9. The predicted octanol–water partition coefficient (Wildman–Crippen LogP) is 3.80. The van der Waals surface area contributed by atoms with Gasteiger partial charge >= 0.3 is 12.2 Å². The Bertz CT molecular complexity index is 837. The van der Waals surface area contributed by atoms with Crippen molar-refractivity contribution < 1.29 is 19.1 Å². The third-order valence-corrected chi connectivity index (χ3v) is 4.86. The topological polar surface area (TPSA) is 67.9 Å². The Morgan fingerprint density at radius 2 is 1.85 bits per heavy atom. The summed E-state index contributed by atoms with van der Waals surface area (Å²) < 4.78 is 10.2. The lowest BCUT2D eigenvalue weighted by Gasteiger charge is -2.32. The zero-order chi connectivity index (χ0) is 18.1. The van der Waals surface area contributed by atoms with Crippen LogP contribution in [0, 0.1) is 6.92 Å². The number of benzene rings is 2. The van der Waals surface area contributed by atoms with E-state index in [1.165, 1.54) is 0 Å². The Morgan fingerprint density at radius 3 is 2.62 bits per heavy atom. The minimum absolute atomic E-state index is 0.193. The van der Waals surface area contributed by atoms with Crippen LogP contribution in [-0.4, -0.2) is 42.4 Å². The Balaban J connectivity index is 1.44. The molecule has 4 rings (SSSR count). The first-order valence-corrected chi connectivity index (χ1v) is 8.69. The van der Waals surface area contributed by atoms with Crippen LogP contribution in [0.4, 0.5) is 15.3 Å². The summed E-state index contributed by atoms with van der Waals surface area (Å²) in [5.41, 5.74) is 4.01. The molecule has 2 atom stereocenters. The van der Waals surface area contributed by atoms with Crippen molar-refractivity contribution in [2.45, 2.75) is 25.6 Å². The third-order valence-electron chi connectivity index (χ3n) is 4.86. The van der Waals surface area contributed by atoms with Crippen molar-refractivity contribution in [2.24, 2.45) is 0 Å². The molecule has 0 radical (unpaired) electrons. The number of amides is 2. The van der Waals surface area contributed by atoms with Crippen molar-refractivity contribution in [1.29, 1.82) is 0 Å². The van der Waals surface area contributed by atoms with Crippen LogP contribution in [0.1, 0.15) is 12.0 Å².